The molecule has 194 valence electrons. The van der Waals surface area contributed by atoms with Crippen molar-refractivity contribution >= 4 is 27.4 Å². The number of ether oxygens (including phenoxy) is 1. The molecule has 2 aliphatic rings. The molecule has 37 heavy (non-hydrogen) atoms. The number of hydrogen-bond acceptors (Lipinski definition) is 7. The maximum absolute atomic E-state index is 12.8. The number of aromatic nitrogens is 2. The summed E-state index contributed by atoms with van der Waals surface area (Å²) in [7, 11) is -3.60. The minimum absolute atomic E-state index is 0.164. The number of nitrogens with one attached hydrogen (secondary N) is 1. The number of benzene rings is 2. The lowest BCUT2D eigenvalue weighted by Gasteiger charge is -2.30. The molecule has 1 amide bonds. The zero-order valence-corrected chi connectivity index (χ0v) is 21.7. The van der Waals surface area contributed by atoms with Gasteiger partial charge < -0.3 is 15.0 Å². The number of carbonyl (C=O) groups excluding carboxylic acids is 1. The standard InChI is InChI=1S/C27H31N5O4S/c1-20-12-14-31(15-13-20)26-11-10-25(29-30-26)21-2-6-23(7-3-21)28-27(33)22-4-8-24(9-5-22)37(34,35)32-16-18-36-19-17-32/h2-11,20H,12-19H2,1H3,(H,28,33). The Labute approximate surface area is 217 Å². The summed E-state index contributed by atoms with van der Waals surface area (Å²) in [5.41, 5.74) is 2.68. The summed E-state index contributed by atoms with van der Waals surface area (Å²) in [5.74, 6) is 1.35. The minimum atomic E-state index is -3.60. The second-order valence-electron chi connectivity index (χ2n) is 9.52. The van der Waals surface area contributed by atoms with Gasteiger partial charge in [-0.15, -0.1) is 10.2 Å². The number of piperidine rings is 1. The van der Waals surface area contributed by atoms with Crippen molar-refractivity contribution in [3.05, 3.63) is 66.2 Å². The smallest absolute Gasteiger partial charge is 0.255 e. The highest BCUT2D eigenvalue weighted by Gasteiger charge is 2.26. The largest absolute Gasteiger partial charge is 0.379 e. The van der Waals surface area contributed by atoms with E-state index in [1.807, 2.05) is 36.4 Å². The number of morpholine rings is 1. The Kier molecular flexibility index (Phi) is 7.50. The first-order chi connectivity index (χ1) is 17.9. The van der Waals surface area contributed by atoms with Gasteiger partial charge in [-0.1, -0.05) is 19.1 Å². The molecule has 0 unspecified atom stereocenters. The molecular formula is C27H31N5O4S. The molecule has 3 aromatic rings. The summed E-state index contributed by atoms with van der Waals surface area (Å²) in [6.45, 7) is 5.73. The van der Waals surface area contributed by atoms with Gasteiger partial charge in [0.1, 0.15) is 0 Å². The van der Waals surface area contributed by atoms with Crippen LogP contribution in [0.3, 0.4) is 0 Å². The first-order valence-electron chi connectivity index (χ1n) is 12.6. The molecule has 1 N–H and O–H groups in total. The van der Waals surface area contributed by atoms with Gasteiger partial charge in [-0.25, -0.2) is 8.42 Å². The predicted octanol–water partition coefficient (Wildman–Crippen LogP) is 3.65. The SMILES string of the molecule is CC1CCN(c2ccc(-c3ccc(NC(=O)c4ccc(S(=O)(=O)N5CCOCC5)cc4)cc3)nn2)CC1. The number of amides is 1. The van der Waals surface area contributed by atoms with Crippen LogP contribution in [-0.2, 0) is 14.8 Å². The van der Waals surface area contributed by atoms with E-state index in [-0.39, 0.29) is 10.8 Å². The zero-order chi connectivity index (χ0) is 25.8. The van der Waals surface area contributed by atoms with Crippen LogP contribution in [0.4, 0.5) is 11.5 Å². The normalized spacial score (nSPS) is 17.5. The topological polar surface area (TPSA) is 105 Å². The molecule has 0 bridgehead atoms. The molecule has 0 saturated carbocycles. The summed E-state index contributed by atoms with van der Waals surface area (Å²) < 4.78 is 32.2. The monoisotopic (exact) mass is 521 g/mol. The van der Waals surface area contributed by atoms with Gasteiger partial charge in [-0.2, -0.15) is 4.31 Å². The Balaban J connectivity index is 1.20. The maximum atomic E-state index is 12.8. The second kappa shape index (κ2) is 11.0. The molecule has 9 nitrogen and oxygen atoms in total. The average molecular weight is 522 g/mol. The third-order valence-electron chi connectivity index (χ3n) is 6.92. The van der Waals surface area contributed by atoms with Crippen LogP contribution in [0.5, 0.6) is 0 Å². The fourth-order valence-electron chi connectivity index (χ4n) is 4.53. The van der Waals surface area contributed by atoms with Crippen LogP contribution in [0.25, 0.3) is 11.3 Å². The molecule has 5 rings (SSSR count). The average Bonchev–Trinajstić information content (AvgIpc) is 2.94. The lowest BCUT2D eigenvalue weighted by Crippen LogP contribution is -2.40. The molecule has 0 radical (unpaired) electrons. The molecule has 10 heteroatoms. The Morgan fingerprint density at radius 1 is 0.892 bits per heavy atom. The van der Waals surface area contributed by atoms with E-state index in [2.05, 4.69) is 27.3 Å². The molecule has 2 aliphatic heterocycles. The van der Waals surface area contributed by atoms with E-state index in [1.165, 1.54) is 41.4 Å². The third kappa shape index (κ3) is 5.82. The van der Waals surface area contributed by atoms with Gasteiger partial charge in [0.2, 0.25) is 10.0 Å². The van der Waals surface area contributed by atoms with E-state index in [1.54, 1.807) is 0 Å². The summed E-state index contributed by atoms with van der Waals surface area (Å²) in [6.07, 6.45) is 2.35. The number of rotatable bonds is 6. The first-order valence-corrected chi connectivity index (χ1v) is 14.0. The van der Waals surface area contributed by atoms with Crippen LogP contribution in [0.1, 0.15) is 30.1 Å². The fraction of sp³-hybridized carbons (Fsp3) is 0.370. The van der Waals surface area contributed by atoms with Gasteiger partial charge in [-0.05, 0) is 67.3 Å². The number of sulfonamides is 1. The molecular weight excluding hydrogens is 490 g/mol. The number of nitrogens with zero attached hydrogens (tertiary/aromatic N) is 4. The van der Waals surface area contributed by atoms with Crippen molar-refractivity contribution < 1.29 is 17.9 Å². The Morgan fingerprint density at radius 3 is 2.19 bits per heavy atom. The number of hydrogen-bond donors (Lipinski definition) is 1. The van der Waals surface area contributed by atoms with Gasteiger partial charge in [0.25, 0.3) is 5.91 Å². The third-order valence-corrected chi connectivity index (χ3v) is 8.83. The van der Waals surface area contributed by atoms with Crippen molar-refractivity contribution in [1.29, 1.82) is 0 Å². The van der Waals surface area contributed by atoms with Crippen molar-refractivity contribution in [2.75, 3.05) is 49.6 Å². The molecule has 2 fully saturated rings. The van der Waals surface area contributed by atoms with Crippen LogP contribution in [-0.4, -0.2) is 68.2 Å². The molecule has 3 heterocycles. The zero-order valence-electron chi connectivity index (χ0n) is 20.8. The van der Waals surface area contributed by atoms with Crippen LogP contribution in [0.15, 0.2) is 65.6 Å². The van der Waals surface area contributed by atoms with Gasteiger partial charge in [0.05, 0.1) is 23.8 Å². The number of anilines is 2. The molecule has 1 aromatic heterocycles. The minimum Gasteiger partial charge on any atom is -0.379 e. The van der Waals surface area contributed by atoms with Gasteiger partial charge in [0.15, 0.2) is 5.82 Å². The maximum Gasteiger partial charge on any atom is 0.255 e. The van der Waals surface area contributed by atoms with Crippen molar-refractivity contribution in [2.24, 2.45) is 5.92 Å². The van der Waals surface area contributed by atoms with E-state index in [0.29, 0.717) is 37.6 Å². The van der Waals surface area contributed by atoms with E-state index < -0.39 is 10.0 Å². The van der Waals surface area contributed by atoms with Crippen molar-refractivity contribution in [3.63, 3.8) is 0 Å². The molecule has 0 aliphatic carbocycles. The highest BCUT2D eigenvalue weighted by Crippen LogP contribution is 2.24. The lowest BCUT2D eigenvalue weighted by atomic mass is 9.99. The van der Waals surface area contributed by atoms with E-state index >= 15 is 0 Å². The van der Waals surface area contributed by atoms with E-state index in [9.17, 15) is 13.2 Å². The predicted molar refractivity (Wildman–Crippen MR) is 142 cm³/mol. The van der Waals surface area contributed by atoms with Crippen molar-refractivity contribution in [3.8, 4) is 11.3 Å². The summed E-state index contributed by atoms with van der Waals surface area (Å²) in [4.78, 5) is 15.2. The summed E-state index contributed by atoms with van der Waals surface area (Å²) in [5, 5.41) is 11.7. The Bertz CT molecular complexity index is 1310. The van der Waals surface area contributed by atoms with Gasteiger partial charge in [-0.3, -0.25) is 4.79 Å². The first kappa shape index (κ1) is 25.3. The summed E-state index contributed by atoms with van der Waals surface area (Å²) >= 11 is 0. The van der Waals surface area contributed by atoms with Crippen molar-refractivity contribution in [2.45, 2.75) is 24.7 Å². The molecule has 0 atom stereocenters. The Hall–Kier alpha value is -3.34. The highest BCUT2D eigenvalue weighted by molar-refractivity contribution is 7.89. The Morgan fingerprint density at radius 2 is 1.57 bits per heavy atom. The van der Waals surface area contributed by atoms with Gasteiger partial charge in [0, 0.05) is 43.0 Å². The van der Waals surface area contributed by atoms with Crippen LogP contribution >= 0.6 is 0 Å². The van der Waals surface area contributed by atoms with E-state index in [4.69, 9.17) is 4.74 Å². The second-order valence-corrected chi connectivity index (χ2v) is 11.5. The summed E-state index contributed by atoms with van der Waals surface area (Å²) in [6, 6.07) is 17.4. The van der Waals surface area contributed by atoms with Crippen molar-refractivity contribution in [1.82, 2.24) is 14.5 Å². The molecule has 0 spiro atoms. The van der Waals surface area contributed by atoms with Gasteiger partial charge >= 0.3 is 0 Å². The quantitative estimate of drug-likeness (QED) is 0.528. The van der Waals surface area contributed by atoms with Crippen LogP contribution < -0.4 is 10.2 Å². The fourth-order valence-corrected chi connectivity index (χ4v) is 5.94. The highest BCUT2D eigenvalue weighted by atomic mass is 32.2. The number of carbonyl (C=O) groups is 1. The van der Waals surface area contributed by atoms with Crippen LogP contribution in [0.2, 0.25) is 0 Å². The lowest BCUT2D eigenvalue weighted by molar-refractivity contribution is 0.0730. The molecule has 2 saturated heterocycles. The molecule has 2 aromatic carbocycles. The van der Waals surface area contributed by atoms with E-state index in [0.717, 1.165) is 36.1 Å². The van der Waals surface area contributed by atoms with Crippen LogP contribution in [0, 0.1) is 5.92 Å².